The highest BCUT2D eigenvalue weighted by molar-refractivity contribution is 6.65. The van der Waals surface area contributed by atoms with E-state index in [2.05, 4.69) is 22.4 Å². The van der Waals surface area contributed by atoms with Crippen molar-refractivity contribution in [2.75, 3.05) is 5.43 Å². The second-order valence-corrected chi connectivity index (χ2v) is 5.00. The number of hydrogen-bond acceptors (Lipinski definition) is 5. The van der Waals surface area contributed by atoms with Crippen molar-refractivity contribution in [3.8, 4) is 0 Å². The smallest absolute Gasteiger partial charge is 0.279 e. The average molecular weight is 340 g/mol. The Hall–Kier alpha value is -3.48. The highest BCUT2D eigenvalue weighted by Gasteiger charge is 2.17. The molecule has 0 radical (unpaired) electrons. The number of amides is 2. The summed E-state index contributed by atoms with van der Waals surface area (Å²) in [5, 5.41) is 6.39. The molecule has 0 atom stereocenters. The minimum absolute atomic E-state index is 0.279. The van der Waals surface area contributed by atoms with Crippen LogP contribution < -0.4 is 16.5 Å². The van der Waals surface area contributed by atoms with Gasteiger partial charge >= 0.3 is 0 Å². The number of carbonyl (C=O) groups is 3. The summed E-state index contributed by atoms with van der Waals surface area (Å²) in [5.41, 5.74) is 8.71. The van der Waals surface area contributed by atoms with Crippen LogP contribution in [-0.2, 0) is 9.59 Å². The first-order chi connectivity index (χ1) is 11.8. The summed E-state index contributed by atoms with van der Waals surface area (Å²) < 4.78 is 0. The molecule has 7 nitrogen and oxygen atoms in total. The van der Waals surface area contributed by atoms with Crippen molar-refractivity contribution in [2.24, 2.45) is 10.8 Å². The highest BCUT2D eigenvalue weighted by Crippen LogP contribution is 2.10. The lowest BCUT2D eigenvalue weighted by Gasteiger charge is -2.07. The third-order valence-electron chi connectivity index (χ3n) is 2.90. The van der Waals surface area contributed by atoms with Crippen molar-refractivity contribution >= 4 is 29.0 Å². The normalized spacial score (nSPS) is 11.9. The van der Waals surface area contributed by atoms with E-state index in [0.29, 0.717) is 11.4 Å². The molecule has 2 amide bonds. The molecule has 0 bridgehead atoms. The molecule has 0 aliphatic carbocycles. The zero-order valence-corrected chi connectivity index (χ0v) is 14.1. The maximum Gasteiger partial charge on any atom is 0.279 e. The van der Waals surface area contributed by atoms with E-state index < -0.39 is 17.6 Å². The van der Waals surface area contributed by atoms with E-state index in [1.165, 1.54) is 13.0 Å². The summed E-state index contributed by atoms with van der Waals surface area (Å²) in [4.78, 5) is 35.0. The average Bonchev–Trinajstić information content (AvgIpc) is 2.55. The van der Waals surface area contributed by atoms with E-state index >= 15 is 0 Å². The van der Waals surface area contributed by atoms with Crippen LogP contribution in [-0.4, -0.2) is 23.3 Å². The lowest BCUT2D eigenvalue weighted by molar-refractivity contribution is -0.116. The molecular weight excluding hydrogens is 320 g/mol. The van der Waals surface area contributed by atoms with Crippen LogP contribution in [0.3, 0.4) is 0 Å². The molecule has 1 rings (SSSR count). The van der Waals surface area contributed by atoms with Gasteiger partial charge in [0.25, 0.3) is 5.91 Å². The van der Waals surface area contributed by atoms with Gasteiger partial charge in [-0.05, 0) is 31.2 Å². The number of nitrogens with one attached hydrogen (secondary N) is 2. The number of allylic oxidation sites excluding steroid dienone is 5. The number of Topliss-reactive ketones (excluding diaryl/α,β-unsaturated/α-hetero) is 1. The van der Waals surface area contributed by atoms with Gasteiger partial charge in [-0.2, -0.15) is 5.10 Å². The second-order valence-electron chi connectivity index (χ2n) is 5.00. The van der Waals surface area contributed by atoms with Crippen molar-refractivity contribution in [3.05, 3.63) is 66.4 Å². The molecule has 0 aliphatic rings. The third kappa shape index (κ3) is 6.66. The molecule has 0 spiro atoms. The first kappa shape index (κ1) is 19.6. The fourth-order valence-electron chi connectivity index (χ4n) is 1.71. The molecular formula is C18H20N4O3. The number of nitrogens with two attached hydrogens (primary N) is 1. The maximum atomic E-state index is 12.2. The largest absolute Gasteiger partial charge is 0.366 e. The van der Waals surface area contributed by atoms with E-state index in [9.17, 15) is 14.4 Å². The fourth-order valence-corrected chi connectivity index (χ4v) is 1.71. The van der Waals surface area contributed by atoms with Crippen LogP contribution in [0, 0.1) is 0 Å². The molecule has 0 saturated heterocycles. The summed E-state index contributed by atoms with van der Waals surface area (Å²) in [6.07, 6.45) is 6.64. The molecule has 0 saturated carbocycles. The van der Waals surface area contributed by atoms with Crippen molar-refractivity contribution in [1.29, 1.82) is 0 Å². The summed E-state index contributed by atoms with van der Waals surface area (Å²) in [7, 11) is 0. The van der Waals surface area contributed by atoms with Gasteiger partial charge in [-0.25, -0.2) is 0 Å². The molecule has 130 valence electrons. The SMILES string of the molecule is C=C/C=C\C=C(/C)NC(=O)/C(=N\Nc1cccc(C(N)=O)c1)C(C)=O. The Morgan fingerprint density at radius 3 is 2.52 bits per heavy atom. The van der Waals surface area contributed by atoms with Crippen molar-refractivity contribution in [3.63, 3.8) is 0 Å². The first-order valence-corrected chi connectivity index (χ1v) is 7.37. The Bertz CT molecular complexity index is 776. The van der Waals surface area contributed by atoms with Crippen molar-refractivity contribution < 1.29 is 14.4 Å². The summed E-state index contributed by atoms with van der Waals surface area (Å²) >= 11 is 0. The van der Waals surface area contributed by atoms with Crippen LogP contribution in [0.2, 0.25) is 0 Å². The zero-order chi connectivity index (χ0) is 18.8. The third-order valence-corrected chi connectivity index (χ3v) is 2.90. The molecule has 0 aromatic heterocycles. The lowest BCUT2D eigenvalue weighted by atomic mass is 10.2. The predicted octanol–water partition coefficient (Wildman–Crippen LogP) is 1.90. The van der Waals surface area contributed by atoms with E-state index in [1.54, 1.807) is 49.4 Å². The van der Waals surface area contributed by atoms with E-state index in [-0.39, 0.29) is 11.3 Å². The molecule has 1 aromatic carbocycles. The monoisotopic (exact) mass is 340 g/mol. The van der Waals surface area contributed by atoms with Gasteiger partial charge in [-0.15, -0.1) is 0 Å². The van der Waals surface area contributed by atoms with E-state index in [0.717, 1.165) is 0 Å². The number of hydrazone groups is 1. The van der Waals surface area contributed by atoms with Crippen LogP contribution in [0.5, 0.6) is 0 Å². The summed E-state index contributed by atoms with van der Waals surface area (Å²) in [5.74, 6) is -1.75. The van der Waals surface area contributed by atoms with Gasteiger partial charge in [0.15, 0.2) is 11.5 Å². The van der Waals surface area contributed by atoms with Gasteiger partial charge in [0.05, 0.1) is 5.69 Å². The standard InChI is InChI=1S/C18H20N4O3/c1-4-5-6-8-12(2)20-18(25)16(13(3)23)22-21-15-10-7-9-14(11-15)17(19)24/h4-11,21H,1H2,2-3H3,(H2,19,24)(H,20,25)/b6-5-,12-8+,22-16-. The number of benzene rings is 1. The fraction of sp³-hybridized carbons (Fsp3) is 0.111. The van der Waals surface area contributed by atoms with Crippen LogP contribution in [0.15, 0.2) is 65.9 Å². The molecule has 0 fully saturated rings. The molecule has 0 heterocycles. The molecule has 0 unspecified atom stereocenters. The van der Waals surface area contributed by atoms with Crippen LogP contribution in [0.1, 0.15) is 24.2 Å². The molecule has 7 heteroatoms. The lowest BCUT2D eigenvalue weighted by Crippen LogP contribution is -2.34. The van der Waals surface area contributed by atoms with Gasteiger partial charge in [0.1, 0.15) is 0 Å². The minimum Gasteiger partial charge on any atom is -0.366 e. The van der Waals surface area contributed by atoms with Gasteiger partial charge < -0.3 is 11.1 Å². The number of nitrogens with zero attached hydrogens (tertiary/aromatic N) is 1. The number of primary amides is 1. The Labute approximate surface area is 146 Å². The number of carbonyl (C=O) groups excluding carboxylic acids is 3. The summed E-state index contributed by atoms with van der Waals surface area (Å²) in [6.45, 7) is 6.44. The number of ketones is 1. The predicted molar refractivity (Wildman–Crippen MR) is 97.9 cm³/mol. The quantitative estimate of drug-likeness (QED) is 0.290. The molecule has 0 aliphatic heterocycles. The van der Waals surface area contributed by atoms with E-state index in [4.69, 9.17) is 5.73 Å². The first-order valence-electron chi connectivity index (χ1n) is 7.37. The van der Waals surface area contributed by atoms with Crippen LogP contribution >= 0.6 is 0 Å². The van der Waals surface area contributed by atoms with Gasteiger partial charge in [-0.3, -0.25) is 19.8 Å². The number of rotatable bonds is 8. The molecule has 25 heavy (non-hydrogen) atoms. The highest BCUT2D eigenvalue weighted by atomic mass is 16.2. The number of hydrogen-bond donors (Lipinski definition) is 3. The van der Waals surface area contributed by atoms with Gasteiger partial charge in [0.2, 0.25) is 5.91 Å². The van der Waals surface area contributed by atoms with E-state index in [1.807, 2.05) is 0 Å². The maximum absolute atomic E-state index is 12.2. The van der Waals surface area contributed by atoms with Crippen LogP contribution in [0.4, 0.5) is 5.69 Å². The number of anilines is 1. The Balaban J connectivity index is 2.92. The zero-order valence-electron chi connectivity index (χ0n) is 14.1. The topological polar surface area (TPSA) is 114 Å². The second kappa shape index (κ2) is 9.61. The van der Waals surface area contributed by atoms with Crippen LogP contribution in [0.25, 0.3) is 0 Å². The molecule has 4 N–H and O–H groups in total. The van der Waals surface area contributed by atoms with Gasteiger partial charge in [-0.1, -0.05) is 30.9 Å². The Morgan fingerprint density at radius 2 is 1.92 bits per heavy atom. The van der Waals surface area contributed by atoms with Crippen molar-refractivity contribution in [2.45, 2.75) is 13.8 Å². The van der Waals surface area contributed by atoms with Gasteiger partial charge in [0, 0.05) is 18.2 Å². The van der Waals surface area contributed by atoms with Crippen molar-refractivity contribution in [1.82, 2.24) is 5.32 Å². The molecule has 1 aromatic rings. The Kier molecular flexibility index (Phi) is 7.52. The summed E-state index contributed by atoms with van der Waals surface area (Å²) in [6, 6.07) is 6.23. The minimum atomic E-state index is -0.646. The Morgan fingerprint density at radius 1 is 1.20 bits per heavy atom.